The highest BCUT2D eigenvalue weighted by atomic mass is 32.2. The summed E-state index contributed by atoms with van der Waals surface area (Å²) in [6.07, 6.45) is 0.483. The maximum Gasteiger partial charge on any atom is 0.255 e. The summed E-state index contributed by atoms with van der Waals surface area (Å²) in [7, 11) is 1.72. The quantitative estimate of drug-likeness (QED) is 0.494. The molecule has 184 valence electrons. The molecule has 1 aromatic heterocycles. The Bertz CT molecular complexity index is 1340. The zero-order valence-electron chi connectivity index (χ0n) is 20.1. The van der Waals surface area contributed by atoms with Crippen LogP contribution in [0, 0.1) is 0 Å². The predicted molar refractivity (Wildman–Crippen MR) is 137 cm³/mol. The Hall–Kier alpha value is -3.76. The molecule has 0 saturated carbocycles. The van der Waals surface area contributed by atoms with E-state index in [2.05, 4.69) is 10.3 Å². The lowest BCUT2D eigenvalue weighted by Gasteiger charge is -2.19. The van der Waals surface area contributed by atoms with Gasteiger partial charge in [-0.15, -0.1) is 0 Å². The van der Waals surface area contributed by atoms with E-state index in [4.69, 9.17) is 5.14 Å². The standard InChI is InChI=1S/C25H29N5O4S/c1-17(31)30(4)24-22(12-13-23(28-24)19-6-5-7-20(16-19)29(2)3)25(32)27-15-14-18-8-10-21(11-9-18)35(26,33)34/h5-13,16H,14-15H2,1-4H3,(H,27,32)(H2,26,33,34). The van der Waals surface area contributed by atoms with Crippen LogP contribution in [0.2, 0.25) is 0 Å². The second kappa shape index (κ2) is 10.7. The van der Waals surface area contributed by atoms with Crippen LogP contribution in [0.1, 0.15) is 22.8 Å². The lowest BCUT2D eigenvalue weighted by Crippen LogP contribution is -2.31. The number of sulfonamides is 1. The molecule has 2 aromatic carbocycles. The average Bonchev–Trinajstić information content (AvgIpc) is 2.82. The van der Waals surface area contributed by atoms with E-state index in [0.717, 1.165) is 16.8 Å². The maximum atomic E-state index is 13.0. The van der Waals surface area contributed by atoms with Gasteiger partial charge in [-0.2, -0.15) is 0 Å². The molecule has 0 aliphatic heterocycles. The highest BCUT2D eigenvalue weighted by Crippen LogP contribution is 2.27. The molecule has 0 saturated heterocycles. The maximum absolute atomic E-state index is 13.0. The van der Waals surface area contributed by atoms with Crippen molar-refractivity contribution >= 4 is 33.3 Å². The second-order valence-corrected chi connectivity index (χ2v) is 9.85. The van der Waals surface area contributed by atoms with Gasteiger partial charge in [0.05, 0.1) is 16.2 Å². The number of carbonyl (C=O) groups excluding carboxylic acids is 2. The van der Waals surface area contributed by atoms with Crippen molar-refractivity contribution in [2.45, 2.75) is 18.2 Å². The molecule has 2 amide bonds. The Balaban J connectivity index is 1.80. The molecule has 3 N–H and O–H groups in total. The summed E-state index contributed by atoms with van der Waals surface area (Å²) in [4.78, 5) is 33.1. The predicted octanol–water partition coefficient (Wildman–Crippen LogP) is 2.42. The zero-order valence-corrected chi connectivity index (χ0v) is 21.0. The number of nitrogens with two attached hydrogens (primary N) is 1. The molecule has 1 heterocycles. The third kappa shape index (κ3) is 6.43. The Labute approximate surface area is 205 Å². The van der Waals surface area contributed by atoms with Gasteiger partial charge in [-0.1, -0.05) is 24.3 Å². The first-order valence-corrected chi connectivity index (χ1v) is 12.4. The van der Waals surface area contributed by atoms with Crippen molar-refractivity contribution in [3.8, 4) is 11.3 Å². The Morgan fingerprint density at radius 2 is 1.69 bits per heavy atom. The number of hydrogen-bond acceptors (Lipinski definition) is 6. The van der Waals surface area contributed by atoms with E-state index < -0.39 is 10.0 Å². The molecule has 0 aliphatic rings. The summed E-state index contributed by atoms with van der Waals surface area (Å²) in [5, 5.41) is 7.96. The molecule has 3 rings (SSSR count). The number of carbonyl (C=O) groups is 2. The number of hydrogen-bond donors (Lipinski definition) is 2. The fourth-order valence-corrected chi connectivity index (χ4v) is 3.91. The van der Waals surface area contributed by atoms with Crippen molar-refractivity contribution in [1.29, 1.82) is 0 Å². The van der Waals surface area contributed by atoms with Gasteiger partial charge in [0.15, 0.2) is 0 Å². The van der Waals surface area contributed by atoms with Crippen molar-refractivity contribution in [2.75, 3.05) is 37.5 Å². The van der Waals surface area contributed by atoms with Crippen LogP contribution >= 0.6 is 0 Å². The topological polar surface area (TPSA) is 126 Å². The smallest absolute Gasteiger partial charge is 0.255 e. The van der Waals surface area contributed by atoms with Crippen molar-refractivity contribution < 1.29 is 18.0 Å². The largest absolute Gasteiger partial charge is 0.378 e. The number of anilines is 2. The third-order valence-corrected chi connectivity index (χ3v) is 6.45. The van der Waals surface area contributed by atoms with Gasteiger partial charge in [0.1, 0.15) is 5.82 Å². The van der Waals surface area contributed by atoms with Crippen LogP contribution in [-0.4, -0.2) is 52.9 Å². The van der Waals surface area contributed by atoms with Gasteiger partial charge in [0, 0.05) is 45.9 Å². The number of rotatable bonds is 8. The first-order valence-electron chi connectivity index (χ1n) is 10.9. The number of pyridine rings is 1. The molecule has 0 aliphatic carbocycles. The summed E-state index contributed by atoms with van der Waals surface area (Å²) >= 11 is 0. The molecule has 0 spiro atoms. The van der Waals surface area contributed by atoms with Crippen LogP contribution in [0.15, 0.2) is 65.6 Å². The molecule has 35 heavy (non-hydrogen) atoms. The molecular formula is C25H29N5O4S. The van der Waals surface area contributed by atoms with Gasteiger partial charge in [0.2, 0.25) is 15.9 Å². The molecule has 0 unspecified atom stereocenters. The van der Waals surface area contributed by atoms with E-state index in [0.29, 0.717) is 18.7 Å². The highest BCUT2D eigenvalue weighted by Gasteiger charge is 2.20. The van der Waals surface area contributed by atoms with E-state index >= 15 is 0 Å². The molecule has 0 radical (unpaired) electrons. The fourth-order valence-electron chi connectivity index (χ4n) is 3.40. The first kappa shape index (κ1) is 25.9. The van der Waals surface area contributed by atoms with Crippen LogP contribution in [0.3, 0.4) is 0 Å². The van der Waals surface area contributed by atoms with Crippen LogP contribution < -0.4 is 20.3 Å². The number of nitrogens with one attached hydrogen (secondary N) is 1. The summed E-state index contributed by atoms with van der Waals surface area (Å²) < 4.78 is 22.8. The number of aromatic nitrogens is 1. The monoisotopic (exact) mass is 495 g/mol. The van der Waals surface area contributed by atoms with Gasteiger partial charge in [0.25, 0.3) is 5.91 Å². The highest BCUT2D eigenvalue weighted by molar-refractivity contribution is 7.89. The van der Waals surface area contributed by atoms with Crippen LogP contribution in [0.4, 0.5) is 11.5 Å². The number of benzene rings is 2. The molecule has 0 bridgehead atoms. The Morgan fingerprint density at radius 1 is 1.00 bits per heavy atom. The fraction of sp³-hybridized carbons (Fsp3) is 0.240. The molecule has 10 heteroatoms. The minimum Gasteiger partial charge on any atom is -0.378 e. The van der Waals surface area contributed by atoms with E-state index in [1.54, 1.807) is 31.3 Å². The van der Waals surface area contributed by atoms with E-state index in [1.807, 2.05) is 43.3 Å². The lowest BCUT2D eigenvalue weighted by atomic mass is 10.1. The van der Waals surface area contributed by atoms with Gasteiger partial charge < -0.3 is 10.2 Å². The minimum atomic E-state index is -3.75. The Kier molecular flexibility index (Phi) is 7.88. The SMILES string of the molecule is CC(=O)N(C)c1nc(-c2cccc(N(C)C)c2)ccc1C(=O)NCCc1ccc(S(N)(=O)=O)cc1. The van der Waals surface area contributed by atoms with Gasteiger partial charge in [-0.25, -0.2) is 18.5 Å². The lowest BCUT2D eigenvalue weighted by molar-refractivity contribution is -0.116. The summed E-state index contributed by atoms with van der Waals surface area (Å²) in [6, 6.07) is 17.4. The third-order valence-electron chi connectivity index (χ3n) is 5.52. The minimum absolute atomic E-state index is 0.0319. The van der Waals surface area contributed by atoms with Gasteiger partial charge >= 0.3 is 0 Å². The van der Waals surface area contributed by atoms with Crippen LogP contribution in [0.5, 0.6) is 0 Å². The average molecular weight is 496 g/mol. The van der Waals surface area contributed by atoms with Crippen LogP contribution in [0.25, 0.3) is 11.3 Å². The summed E-state index contributed by atoms with van der Waals surface area (Å²) in [5.74, 6) is -0.351. The molecule has 9 nitrogen and oxygen atoms in total. The number of nitrogens with zero attached hydrogens (tertiary/aromatic N) is 3. The van der Waals surface area contributed by atoms with Crippen molar-refractivity contribution in [3.63, 3.8) is 0 Å². The van der Waals surface area contributed by atoms with E-state index in [9.17, 15) is 18.0 Å². The van der Waals surface area contributed by atoms with Crippen molar-refractivity contribution in [1.82, 2.24) is 10.3 Å². The van der Waals surface area contributed by atoms with Crippen LogP contribution in [-0.2, 0) is 21.2 Å². The summed E-state index contributed by atoms with van der Waals surface area (Å²) in [6.45, 7) is 1.72. The van der Waals surface area contributed by atoms with E-state index in [-0.39, 0.29) is 28.1 Å². The Morgan fingerprint density at radius 3 is 2.29 bits per heavy atom. The van der Waals surface area contributed by atoms with Crippen molar-refractivity contribution in [3.05, 3.63) is 71.8 Å². The first-order chi connectivity index (χ1) is 16.5. The molecule has 0 fully saturated rings. The zero-order chi connectivity index (χ0) is 25.8. The van der Waals surface area contributed by atoms with Gasteiger partial charge in [-0.3, -0.25) is 14.5 Å². The molecule has 0 atom stereocenters. The van der Waals surface area contributed by atoms with E-state index in [1.165, 1.54) is 24.0 Å². The normalized spacial score (nSPS) is 11.1. The summed E-state index contributed by atoms with van der Waals surface area (Å²) in [5.41, 5.74) is 3.63. The molecule has 3 aromatic rings. The van der Waals surface area contributed by atoms with Crippen molar-refractivity contribution in [2.24, 2.45) is 5.14 Å². The number of primary sulfonamides is 1. The molecular weight excluding hydrogens is 466 g/mol. The second-order valence-electron chi connectivity index (χ2n) is 8.29. The number of amides is 2. The van der Waals surface area contributed by atoms with Gasteiger partial charge in [-0.05, 0) is 48.4 Å².